The van der Waals surface area contributed by atoms with E-state index in [1.165, 1.54) is 17.3 Å². The minimum absolute atomic E-state index is 0.00318. The molecule has 0 unspecified atom stereocenters. The second-order valence-electron chi connectivity index (χ2n) is 5.38. The smallest absolute Gasteiger partial charge is 0.230 e. The van der Waals surface area contributed by atoms with Gasteiger partial charge in [0.2, 0.25) is 5.91 Å². The first kappa shape index (κ1) is 17.5. The number of aromatic nitrogens is 3. The Kier molecular flexibility index (Phi) is 6.61. The van der Waals surface area contributed by atoms with Gasteiger partial charge in [0.05, 0.1) is 11.8 Å². The summed E-state index contributed by atoms with van der Waals surface area (Å²) < 4.78 is 1.92. The average Bonchev–Trinajstić information content (AvgIpc) is 3.01. The van der Waals surface area contributed by atoms with Crippen LogP contribution in [0.4, 0.5) is 0 Å². The molecule has 0 saturated heterocycles. The Morgan fingerprint density at radius 1 is 1.35 bits per heavy atom. The Balaban J connectivity index is 1.85. The minimum Gasteiger partial charge on any atom is -0.353 e. The topological polar surface area (TPSA) is 63.1 Å². The third kappa shape index (κ3) is 5.07. The maximum Gasteiger partial charge on any atom is 0.230 e. The van der Waals surface area contributed by atoms with E-state index in [0.29, 0.717) is 12.3 Å². The van der Waals surface area contributed by atoms with E-state index in [1.807, 2.05) is 43.8 Å². The summed E-state index contributed by atoms with van der Waals surface area (Å²) in [6.07, 6.45) is 1.68. The summed E-state index contributed by atoms with van der Waals surface area (Å²) in [6, 6.07) is 10.3. The molecular weight excluding hydrogens is 310 g/mol. The van der Waals surface area contributed by atoms with Crippen LogP contribution < -0.4 is 5.32 Å². The van der Waals surface area contributed by atoms with Crippen molar-refractivity contribution in [1.29, 1.82) is 0 Å². The highest BCUT2D eigenvalue weighted by Crippen LogP contribution is 2.17. The monoisotopic (exact) mass is 333 g/mol. The van der Waals surface area contributed by atoms with Crippen LogP contribution in [0.15, 0.2) is 41.8 Å². The Hall–Kier alpha value is -1.86. The molecule has 1 aromatic heterocycles. The third-order valence-electron chi connectivity index (χ3n) is 3.55. The molecule has 0 radical (unpaired) electrons. The summed E-state index contributed by atoms with van der Waals surface area (Å²) in [5, 5.41) is 11.7. The van der Waals surface area contributed by atoms with Crippen molar-refractivity contribution >= 4 is 17.7 Å². The summed E-state index contributed by atoms with van der Waals surface area (Å²) in [4.78, 5) is 14.2. The highest BCUT2D eigenvalue weighted by molar-refractivity contribution is 7.99. The van der Waals surface area contributed by atoms with Gasteiger partial charge in [-0.25, -0.2) is 0 Å². The van der Waals surface area contributed by atoms with Crippen molar-refractivity contribution in [3.05, 3.63) is 42.2 Å². The molecule has 2 rings (SSSR count). The predicted molar refractivity (Wildman–Crippen MR) is 92.3 cm³/mol. The zero-order valence-electron chi connectivity index (χ0n) is 13.8. The van der Waals surface area contributed by atoms with Gasteiger partial charge in [-0.1, -0.05) is 42.1 Å². The molecule has 124 valence electrons. The van der Waals surface area contributed by atoms with Crippen LogP contribution >= 0.6 is 11.8 Å². The van der Waals surface area contributed by atoms with Crippen LogP contribution in [-0.2, 0) is 11.3 Å². The summed E-state index contributed by atoms with van der Waals surface area (Å²) in [7, 11) is 4.03. The lowest BCUT2D eigenvalue weighted by Gasteiger charge is -2.25. The number of carbonyl (C=O) groups is 1. The maximum absolute atomic E-state index is 12.1. The first-order valence-corrected chi connectivity index (χ1v) is 8.59. The first-order valence-electron chi connectivity index (χ1n) is 7.60. The van der Waals surface area contributed by atoms with Gasteiger partial charge in [-0.05, 0) is 26.6 Å². The number of nitrogens with zero attached hydrogens (tertiary/aromatic N) is 4. The van der Waals surface area contributed by atoms with E-state index < -0.39 is 0 Å². The lowest BCUT2D eigenvalue weighted by molar-refractivity contribution is -0.118. The number of hydrogen-bond donors (Lipinski definition) is 1. The van der Waals surface area contributed by atoms with Crippen LogP contribution in [0, 0.1) is 0 Å². The van der Waals surface area contributed by atoms with Crippen molar-refractivity contribution in [2.75, 3.05) is 26.4 Å². The average molecular weight is 333 g/mol. The second kappa shape index (κ2) is 8.69. The van der Waals surface area contributed by atoms with Gasteiger partial charge in [-0.3, -0.25) is 4.79 Å². The maximum atomic E-state index is 12.1. The molecule has 0 spiro atoms. The highest BCUT2D eigenvalue weighted by Gasteiger charge is 2.15. The Bertz CT molecular complexity index is 614. The van der Waals surface area contributed by atoms with E-state index in [2.05, 4.69) is 32.5 Å². The standard InChI is InChI=1S/C16H23N5OS/c1-4-21-12-18-19-16(21)23-11-15(22)17-10-14(20(2)3)13-8-6-5-7-9-13/h5-9,12,14H,4,10-11H2,1-3H3,(H,17,22)/t14-/m1/s1. The van der Waals surface area contributed by atoms with Crippen molar-refractivity contribution in [3.8, 4) is 0 Å². The molecule has 0 aliphatic carbocycles. The van der Waals surface area contributed by atoms with Gasteiger partial charge in [0, 0.05) is 13.1 Å². The molecule has 1 atom stereocenters. The molecule has 0 bridgehead atoms. The number of nitrogens with one attached hydrogen (secondary N) is 1. The molecule has 0 fully saturated rings. The van der Waals surface area contributed by atoms with Gasteiger partial charge in [0.25, 0.3) is 0 Å². The van der Waals surface area contributed by atoms with Crippen LogP contribution in [-0.4, -0.2) is 52.0 Å². The molecule has 0 aliphatic heterocycles. The van der Waals surface area contributed by atoms with Crippen LogP contribution in [0.2, 0.25) is 0 Å². The van der Waals surface area contributed by atoms with Crippen molar-refractivity contribution in [3.63, 3.8) is 0 Å². The number of aryl methyl sites for hydroxylation is 1. The molecule has 1 amide bonds. The Morgan fingerprint density at radius 3 is 2.74 bits per heavy atom. The quantitative estimate of drug-likeness (QED) is 0.747. The number of carbonyl (C=O) groups excluding carboxylic acids is 1. The minimum atomic E-state index is 0.00318. The van der Waals surface area contributed by atoms with E-state index in [0.717, 1.165) is 11.7 Å². The summed E-state index contributed by atoms with van der Waals surface area (Å²) >= 11 is 1.41. The van der Waals surface area contributed by atoms with Gasteiger partial charge in [-0.15, -0.1) is 10.2 Å². The van der Waals surface area contributed by atoms with Gasteiger partial charge in [0.1, 0.15) is 6.33 Å². The molecular formula is C16H23N5OS. The van der Waals surface area contributed by atoms with Crippen LogP contribution in [0.25, 0.3) is 0 Å². The van der Waals surface area contributed by atoms with Gasteiger partial charge < -0.3 is 14.8 Å². The lowest BCUT2D eigenvalue weighted by atomic mass is 10.1. The fraction of sp³-hybridized carbons (Fsp3) is 0.438. The Morgan fingerprint density at radius 2 is 2.09 bits per heavy atom. The molecule has 1 N–H and O–H groups in total. The SMILES string of the molecule is CCn1cnnc1SCC(=O)NC[C@H](c1ccccc1)N(C)C. The van der Waals surface area contributed by atoms with E-state index in [1.54, 1.807) is 6.33 Å². The lowest BCUT2D eigenvalue weighted by Crippen LogP contribution is -2.35. The summed E-state index contributed by atoms with van der Waals surface area (Å²) in [5.74, 6) is 0.344. The highest BCUT2D eigenvalue weighted by atomic mass is 32.2. The Labute approximate surface area is 141 Å². The molecule has 0 aliphatic rings. The largest absolute Gasteiger partial charge is 0.353 e. The van der Waals surface area contributed by atoms with Crippen LogP contribution in [0.3, 0.4) is 0 Å². The van der Waals surface area contributed by atoms with E-state index >= 15 is 0 Å². The van der Waals surface area contributed by atoms with Crippen LogP contribution in [0.1, 0.15) is 18.5 Å². The number of likely N-dealkylation sites (N-methyl/N-ethyl adjacent to an activating group) is 1. The first-order chi connectivity index (χ1) is 11.1. The second-order valence-corrected chi connectivity index (χ2v) is 6.32. The van der Waals surface area contributed by atoms with E-state index in [4.69, 9.17) is 0 Å². The van der Waals surface area contributed by atoms with Gasteiger partial charge in [-0.2, -0.15) is 0 Å². The molecule has 23 heavy (non-hydrogen) atoms. The third-order valence-corrected chi connectivity index (χ3v) is 4.53. The van der Waals surface area contributed by atoms with Crippen molar-refractivity contribution < 1.29 is 4.79 Å². The zero-order valence-corrected chi connectivity index (χ0v) is 14.6. The number of rotatable bonds is 8. The summed E-state index contributed by atoms with van der Waals surface area (Å²) in [6.45, 7) is 3.40. The molecule has 1 heterocycles. The summed E-state index contributed by atoms with van der Waals surface area (Å²) in [5.41, 5.74) is 1.19. The fourth-order valence-electron chi connectivity index (χ4n) is 2.24. The number of amides is 1. The van der Waals surface area contributed by atoms with Crippen LogP contribution in [0.5, 0.6) is 0 Å². The molecule has 2 aromatic rings. The molecule has 1 aromatic carbocycles. The molecule has 7 heteroatoms. The number of hydrogen-bond acceptors (Lipinski definition) is 5. The van der Waals surface area contributed by atoms with Gasteiger partial charge in [0.15, 0.2) is 5.16 Å². The predicted octanol–water partition coefficient (Wildman–Crippen LogP) is 1.81. The van der Waals surface area contributed by atoms with Crippen molar-refractivity contribution in [2.24, 2.45) is 0 Å². The number of benzene rings is 1. The van der Waals surface area contributed by atoms with Crippen molar-refractivity contribution in [1.82, 2.24) is 25.0 Å². The molecule has 0 saturated carbocycles. The van der Waals surface area contributed by atoms with E-state index in [-0.39, 0.29) is 11.9 Å². The fourth-order valence-corrected chi connectivity index (χ4v) is 3.05. The zero-order chi connectivity index (χ0) is 16.7. The van der Waals surface area contributed by atoms with Crippen molar-refractivity contribution in [2.45, 2.75) is 24.7 Å². The van der Waals surface area contributed by atoms with E-state index in [9.17, 15) is 4.79 Å². The normalized spacial score (nSPS) is 12.3. The number of thioether (sulfide) groups is 1. The van der Waals surface area contributed by atoms with Gasteiger partial charge >= 0.3 is 0 Å². The molecule has 6 nitrogen and oxygen atoms in total.